The third-order valence-electron chi connectivity index (χ3n) is 5.06. The van der Waals surface area contributed by atoms with Crippen molar-refractivity contribution in [2.45, 2.75) is 50.0 Å². The van der Waals surface area contributed by atoms with E-state index in [0.29, 0.717) is 6.42 Å². The molecule has 0 spiro atoms. The van der Waals surface area contributed by atoms with Crippen molar-refractivity contribution >= 4 is 5.78 Å². The fourth-order valence-electron chi connectivity index (χ4n) is 3.74. The molecule has 0 bridgehead atoms. The predicted octanol–water partition coefficient (Wildman–Crippen LogP) is 4.74. The standard InChI is InChI=1S/C21H24O2/c22-20(18-12-6-2-7-13-18)16-19(17-10-4-1-5-11-17)21(23)14-8-3-9-15-21/h1-2,4-7,10-13,19,23H,3,8-9,14-16H2. The zero-order valence-electron chi connectivity index (χ0n) is 13.4. The molecule has 1 atom stereocenters. The van der Waals surface area contributed by atoms with Crippen molar-refractivity contribution in [2.24, 2.45) is 0 Å². The number of aliphatic hydroxyl groups is 1. The lowest BCUT2D eigenvalue weighted by molar-refractivity contribution is -0.0227. The Morgan fingerprint density at radius 1 is 0.913 bits per heavy atom. The van der Waals surface area contributed by atoms with Crippen LogP contribution in [0, 0.1) is 0 Å². The fourth-order valence-corrected chi connectivity index (χ4v) is 3.74. The minimum absolute atomic E-state index is 0.110. The summed E-state index contributed by atoms with van der Waals surface area (Å²) >= 11 is 0. The van der Waals surface area contributed by atoms with E-state index in [4.69, 9.17) is 0 Å². The second-order valence-electron chi connectivity index (χ2n) is 6.62. The van der Waals surface area contributed by atoms with Gasteiger partial charge in [0.2, 0.25) is 0 Å². The Labute approximate surface area is 138 Å². The lowest BCUT2D eigenvalue weighted by Crippen LogP contribution is -2.39. The molecule has 0 radical (unpaired) electrons. The first-order valence-corrected chi connectivity index (χ1v) is 8.55. The number of carbonyl (C=O) groups is 1. The summed E-state index contributed by atoms with van der Waals surface area (Å²) in [6.45, 7) is 0. The highest BCUT2D eigenvalue weighted by Gasteiger charge is 2.39. The lowest BCUT2D eigenvalue weighted by atomic mass is 9.70. The molecule has 2 aromatic rings. The van der Waals surface area contributed by atoms with E-state index in [0.717, 1.165) is 36.8 Å². The number of ketones is 1. The van der Waals surface area contributed by atoms with Crippen LogP contribution in [0.25, 0.3) is 0 Å². The molecule has 0 saturated heterocycles. The molecular weight excluding hydrogens is 284 g/mol. The molecule has 1 unspecified atom stereocenters. The lowest BCUT2D eigenvalue weighted by Gasteiger charge is -2.39. The average molecular weight is 308 g/mol. The summed E-state index contributed by atoms with van der Waals surface area (Å²) in [6, 6.07) is 19.4. The van der Waals surface area contributed by atoms with Gasteiger partial charge in [0.15, 0.2) is 5.78 Å². The van der Waals surface area contributed by atoms with E-state index in [1.165, 1.54) is 6.42 Å². The highest BCUT2D eigenvalue weighted by Crippen LogP contribution is 2.42. The van der Waals surface area contributed by atoms with Gasteiger partial charge in [0.1, 0.15) is 0 Å². The van der Waals surface area contributed by atoms with Gasteiger partial charge in [0, 0.05) is 17.9 Å². The van der Waals surface area contributed by atoms with Crippen LogP contribution in [-0.2, 0) is 0 Å². The van der Waals surface area contributed by atoms with Crippen LogP contribution >= 0.6 is 0 Å². The fraction of sp³-hybridized carbons (Fsp3) is 0.381. The SMILES string of the molecule is O=C(CC(c1ccccc1)C1(O)CCCCC1)c1ccccc1. The summed E-state index contributed by atoms with van der Waals surface area (Å²) in [7, 11) is 0. The smallest absolute Gasteiger partial charge is 0.163 e. The van der Waals surface area contributed by atoms with Crippen molar-refractivity contribution in [3.05, 3.63) is 71.8 Å². The van der Waals surface area contributed by atoms with Crippen LogP contribution in [0.3, 0.4) is 0 Å². The van der Waals surface area contributed by atoms with Gasteiger partial charge in [-0.2, -0.15) is 0 Å². The number of benzene rings is 2. The summed E-state index contributed by atoms with van der Waals surface area (Å²) in [5, 5.41) is 11.2. The second-order valence-corrected chi connectivity index (χ2v) is 6.62. The third kappa shape index (κ3) is 3.70. The van der Waals surface area contributed by atoms with Gasteiger partial charge < -0.3 is 5.11 Å². The van der Waals surface area contributed by atoms with Gasteiger partial charge in [-0.15, -0.1) is 0 Å². The molecule has 2 aromatic carbocycles. The molecule has 0 aromatic heterocycles. The van der Waals surface area contributed by atoms with Gasteiger partial charge in [-0.3, -0.25) is 4.79 Å². The highest BCUT2D eigenvalue weighted by molar-refractivity contribution is 5.96. The summed E-state index contributed by atoms with van der Waals surface area (Å²) in [5.74, 6) is -0.0184. The normalized spacial score (nSPS) is 18.3. The number of hydrogen-bond acceptors (Lipinski definition) is 2. The van der Waals surface area contributed by atoms with E-state index < -0.39 is 5.60 Å². The number of Topliss-reactive ketones (excluding diaryl/α,β-unsaturated/α-hetero) is 1. The average Bonchev–Trinajstić information content (AvgIpc) is 2.61. The number of carbonyl (C=O) groups excluding carboxylic acids is 1. The molecule has 23 heavy (non-hydrogen) atoms. The first-order chi connectivity index (χ1) is 11.2. The maximum absolute atomic E-state index is 12.7. The summed E-state index contributed by atoms with van der Waals surface area (Å²) in [6.07, 6.45) is 5.20. The van der Waals surface area contributed by atoms with E-state index in [2.05, 4.69) is 0 Å². The van der Waals surface area contributed by atoms with Crippen molar-refractivity contribution in [3.63, 3.8) is 0 Å². The molecule has 0 aliphatic heterocycles. The summed E-state index contributed by atoms with van der Waals surface area (Å²) < 4.78 is 0. The molecule has 0 heterocycles. The molecule has 2 heteroatoms. The van der Waals surface area contributed by atoms with Gasteiger partial charge >= 0.3 is 0 Å². The molecule has 1 N–H and O–H groups in total. The Hall–Kier alpha value is -1.93. The first kappa shape index (κ1) is 15.9. The molecule has 2 nitrogen and oxygen atoms in total. The molecule has 3 rings (SSSR count). The molecule has 0 amide bonds. The molecular formula is C21H24O2. The van der Waals surface area contributed by atoms with E-state index in [1.54, 1.807) is 0 Å². The Morgan fingerprint density at radius 2 is 1.48 bits per heavy atom. The Morgan fingerprint density at radius 3 is 2.09 bits per heavy atom. The number of hydrogen-bond donors (Lipinski definition) is 1. The predicted molar refractivity (Wildman–Crippen MR) is 92.6 cm³/mol. The first-order valence-electron chi connectivity index (χ1n) is 8.55. The van der Waals surface area contributed by atoms with Crippen molar-refractivity contribution in [1.29, 1.82) is 0 Å². The van der Waals surface area contributed by atoms with Crippen molar-refractivity contribution in [1.82, 2.24) is 0 Å². The van der Waals surface area contributed by atoms with Gasteiger partial charge in [-0.05, 0) is 18.4 Å². The largest absolute Gasteiger partial charge is 0.389 e. The van der Waals surface area contributed by atoms with Gasteiger partial charge in [-0.25, -0.2) is 0 Å². The van der Waals surface area contributed by atoms with Gasteiger partial charge in [0.05, 0.1) is 5.60 Å². The third-order valence-corrected chi connectivity index (χ3v) is 5.06. The maximum atomic E-state index is 12.7. The minimum atomic E-state index is -0.760. The molecule has 120 valence electrons. The maximum Gasteiger partial charge on any atom is 0.163 e. The van der Waals surface area contributed by atoms with E-state index in [-0.39, 0.29) is 11.7 Å². The van der Waals surface area contributed by atoms with Gasteiger partial charge in [0.25, 0.3) is 0 Å². The van der Waals surface area contributed by atoms with Crippen LogP contribution in [0.5, 0.6) is 0 Å². The van der Waals surface area contributed by atoms with E-state index >= 15 is 0 Å². The Balaban J connectivity index is 1.88. The molecule has 1 aliphatic carbocycles. The summed E-state index contributed by atoms with van der Waals surface area (Å²) in [4.78, 5) is 12.7. The van der Waals surface area contributed by atoms with E-state index in [1.807, 2.05) is 60.7 Å². The zero-order valence-corrected chi connectivity index (χ0v) is 13.4. The van der Waals surface area contributed by atoms with E-state index in [9.17, 15) is 9.90 Å². The topological polar surface area (TPSA) is 37.3 Å². The quantitative estimate of drug-likeness (QED) is 0.810. The Kier molecular flexibility index (Phi) is 4.92. The van der Waals surface area contributed by atoms with Crippen LogP contribution in [-0.4, -0.2) is 16.5 Å². The second kappa shape index (κ2) is 7.10. The van der Waals surface area contributed by atoms with Crippen LogP contribution < -0.4 is 0 Å². The van der Waals surface area contributed by atoms with Crippen molar-refractivity contribution < 1.29 is 9.90 Å². The Bertz CT molecular complexity index is 627. The summed E-state index contributed by atoms with van der Waals surface area (Å²) in [5.41, 5.74) is 1.04. The van der Waals surface area contributed by atoms with Crippen LogP contribution in [0.1, 0.15) is 60.4 Å². The molecule has 1 fully saturated rings. The molecule has 1 saturated carbocycles. The van der Waals surface area contributed by atoms with Crippen LogP contribution in [0.2, 0.25) is 0 Å². The highest BCUT2D eigenvalue weighted by atomic mass is 16.3. The van der Waals surface area contributed by atoms with Crippen LogP contribution in [0.4, 0.5) is 0 Å². The van der Waals surface area contributed by atoms with Crippen molar-refractivity contribution in [2.75, 3.05) is 0 Å². The molecule has 1 aliphatic rings. The minimum Gasteiger partial charge on any atom is -0.389 e. The monoisotopic (exact) mass is 308 g/mol. The number of rotatable bonds is 5. The van der Waals surface area contributed by atoms with Gasteiger partial charge in [-0.1, -0.05) is 79.9 Å². The van der Waals surface area contributed by atoms with Crippen molar-refractivity contribution in [3.8, 4) is 0 Å². The zero-order chi connectivity index (χ0) is 16.1. The van der Waals surface area contributed by atoms with Crippen LogP contribution in [0.15, 0.2) is 60.7 Å².